The van der Waals surface area contributed by atoms with E-state index in [1.54, 1.807) is 6.07 Å². The fraction of sp³-hybridized carbons (Fsp3) is 0.600. The van der Waals surface area contributed by atoms with Crippen LogP contribution in [0.3, 0.4) is 0 Å². The Kier molecular flexibility index (Phi) is 3.77. The van der Waals surface area contributed by atoms with Crippen molar-refractivity contribution in [3.63, 3.8) is 0 Å². The quantitative estimate of drug-likeness (QED) is 0.680. The molecule has 0 aliphatic carbocycles. The first-order valence-electron chi connectivity index (χ1n) is 4.76. The van der Waals surface area contributed by atoms with E-state index in [1.165, 1.54) is 0 Å². The smallest absolute Gasteiger partial charge is 0.219 e. The highest BCUT2D eigenvalue weighted by molar-refractivity contribution is 7.71. The number of rotatable bonds is 5. The summed E-state index contributed by atoms with van der Waals surface area (Å²) in [7, 11) is 3.99. The average molecular weight is 212 g/mol. The molecule has 0 aliphatic heterocycles. The molecule has 0 saturated heterocycles. The Bertz CT molecular complexity index is 368. The van der Waals surface area contributed by atoms with Crippen molar-refractivity contribution in [2.45, 2.75) is 6.92 Å². The number of hydrogen-bond donors (Lipinski definition) is 0. The predicted octanol–water partition coefficient (Wildman–Crippen LogP) is 1.04. The Morgan fingerprint density at radius 1 is 1.36 bits per heavy atom. The highest BCUT2D eigenvalue weighted by atomic mass is 32.1. The third kappa shape index (κ3) is 2.39. The van der Waals surface area contributed by atoms with Crippen LogP contribution in [0.2, 0.25) is 0 Å². The molecule has 0 aliphatic rings. The second kappa shape index (κ2) is 4.66. The molecule has 0 heterocycles. The van der Waals surface area contributed by atoms with Gasteiger partial charge in [-0.05, 0) is 19.7 Å². The lowest BCUT2D eigenvalue weighted by molar-refractivity contribution is 0.360. The molecule has 4 heteroatoms. The standard InChI is InChI=1S/C10H16N2OS/c1-4-11(2)5-6-12(3)8-7-9(14)10(8)13/h7H,4-6H2,1-3H3. The first-order chi connectivity index (χ1) is 6.56. The van der Waals surface area contributed by atoms with E-state index in [-0.39, 0.29) is 5.43 Å². The van der Waals surface area contributed by atoms with Crippen molar-refractivity contribution in [3.8, 4) is 0 Å². The maximum absolute atomic E-state index is 11.3. The predicted molar refractivity (Wildman–Crippen MR) is 62.4 cm³/mol. The molecule has 0 spiro atoms. The summed E-state index contributed by atoms with van der Waals surface area (Å²) < 4.78 is 0.454. The fourth-order valence-corrected chi connectivity index (χ4v) is 1.40. The number of hydrogen-bond acceptors (Lipinski definition) is 4. The lowest BCUT2D eigenvalue weighted by Gasteiger charge is -2.23. The second-order valence-corrected chi connectivity index (χ2v) is 3.98. The van der Waals surface area contributed by atoms with Gasteiger partial charge in [0.1, 0.15) is 0 Å². The van der Waals surface area contributed by atoms with Crippen molar-refractivity contribution in [2.24, 2.45) is 0 Å². The Labute approximate surface area is 89.6 Å². The molecular weight excluding hydrogens is 196 g/mol. The molecule has 3 nitrogen and oxygen atoms in total. The van der Waals surface area contributed by atoms with E-state index in [0.29, 0.717) is 4.51 Å². The minimum absolute atomic E-state index is 0.0154. The van der Waals surface area contributed by atoms with Crippen molar-refractivity contribution in [1.29, 1.82) is 0 Å². The Balaban J connectivity index is 2.45. The zero-order valence-corrected chi connectivity index (χ0v) is 9.73. The summed E-state index contributed by atoms with van der Waals surface area (Å²) in [5.74, 6) is 0. The normalized spacial score (nSPS) is 11.1. The summed E-state index contributed by atoms with van der Waals surface area (Å²) in [6.45, 7) is 4.97. The van der Waals surface area contributed by atoms with E-state index in [0.717, 1.165) is 25.3 Å². The van der Waals surface area contributed by atoms with Crippen LogP contribution < -0.4 is 10.3 Å². The molecule has 0 bridgehead atoms. The Morgan fingerprint density at radius 2 is 2.00 bits per heavy atom. The van der Waals surface area contributed by atoms with Gasteiger partial charge in [0.15, 0.2) is 0 Å². The highest BCUT2D eigenvalue weighted by Crippen LogP contribution is 2.09. The molecule has 1 rings (SSSR count). The number of likely N-dealkylation sites (N-methyl/N-ethyl adjacent to an activating group) is 2. The Hall–Kier alpha value is -0.740. The van der Waals surface area contributed by atoms with Crippen molar-refractivity contribution in [2.75, 3.05) is 38.6 Å². The first kappa shape index (κ1) is 11.3. The van der Waals surface area contributed by atoms with E-state index in [9.17, 15) is 4.79 Å². The third-order valence-electron chi connectivity index (χ3n) is 2.49. The number of nitrogens with zero attached hydrogens (tertiary/aromatic N) is 2. The molecule has 0 saturated carbocycles. The molecule has 1 aromatic carbocycles. The molecule has 14 heavy (non-hydrogen) atoms. The fourth-order valence-electron chi connectivity index (χ4n) is 1.19. The van der Waals surface area contributed by atoms with Crippen LogP contribution >= 0.6 is 12.2 Å². The van der Waals surface area contributed by atoms with Crippen LogP contribution in [-0.2, 0) is 0 Å². The van der Waals surface area contributed by atoms with Crippen LogP contribution in [0.25, 0.3) is 0 Å². The minimum atomic E-state index is 0.0154. The molecule has 0 fully saturated rings. The molecule has 0 N–H and O–H groups in total. The van der Waals surface area contributed by atoms with Gasteiger partial charge < -0.3 is 9.80 Å². The van der Waals surface area contributed by atoms with Crippen LogP contribution in [0.4, 0.5) is 5.69 Å². The molecule has 0 unspecified atom stereocenters. The average Bonchev–Trinajstić information content (AvgIpc) is 2.21. The van der Waals surface area contributed by atoms with Crippen LogP contribution in [0.5, 0.6) is 0 Å². The van der Waals surface area contributed by atoms with Gasteiger partial charge in [0.2, 0.25) is 5.43 Å². The summed E-state index contributed by atoms with van der Waals surface area (Å²) in [6, 6.07) is 1.77. The van der Waals surface area contributed by atoms with E-state index in [4.69, 9.17) is 12.2 Å². The zero-order chi connectivity index (χ0) is 10.7. The third-order valence-corrected chi connectivity index (χ3v) is 2.80. The summed E-state index contributed by atoms with van der Waals surface area (Å²) >= 11 is 4.80. The maximum atomic E-state index is 11.3. The van der Waals surface area contributed by atoms with Gasteiger partial charge in [0.05, 0.1) is 10.2 Å². The highest BCUT2D eigenvalue weighted by Gasteiger charge is 2.11. The summed E-state index contributed by atoms with van der Waals surface area (Å²) in [6.07, 6.45) is 0. The molecule has 78 valence electrons. The van der Waals surface area contributed by atoms with Crippen LogP contribution in [0.15, 0.2) is 10.9 Å². The molecular formula is C10H16N2OS. The van der Waals surface area contributed by atoms with Gasteiger partial charge in [-0.3, -0.25) is 4.79 Å². The molecule has 0 atom stereocenters. The van der Waals surface area contributed by atoms with E-state index < -0.39 is 0 Å². The van der Waals surface area contributed by atoms with Gasteiger partial charge in [0, 0.05) is 20.1 Å². The molecule has 0 amide bonds. The lowest BCUT2D eigenvalue weighted by Crippen LogP contribution is -2.34. The maximum Gasteiger partial charge on any atom is 0.219 e. The monoisotopic (exact) mass is 212 g/mol. The van der Waals surface area contributed by atoms with E-state index in [2.05, 4.69) is 18.9 Å². The van der Waals surface area contributed by atoms with Gasteiger partial charge in [-0.25, -0.2) is 0 Å². The Morgan fingerprint density at radius 3 is 2.43 bits per heavy atom. The van der Waals surface area contributed by atoms with E-state index in [1.807, 2.05) is 11.9 Å². The van der Waals surface area contributed by atoms with E-state index >= 15 is 0 Å². The lowest BCUT2D eigenvalue weighted by atomic mass is 10.2. The first-order valence-corrected chi connectivity index (χ1v) is 5.17. The van der Waals surface area contributed by atoms with Crippen molar-refractivity contribution in [3.05, 3.63) is 20.8 Å². The van der Waals surface area contributed by atoms with Crippen LogP contribution in [-0.4, -0.2) is 38.6 Å². The number of anilines is 1. The van der Waals surface area contributed by atoms with Gasteiger partial charge in [-0.15, -0.1) is 0 Å². The van der Waals surface area contributed by atoms with Gasteiger partial charge in [-0.2, -0.15) is 0 Å². The van der Waals surface area contributed by atoms with Crippen LogP contribution in [0, 0.1) is 4.51 Å². The van der Waals surface area contributed by atoms with Crippen molar-refractivity contribution in [1.82, 2.24) is 4.90 Å². The van der Waals surface area contributed by atoms with Crippen molar-refractivity contribution >= 4 is 17.9 Å². The van der Waals surface area contributed by atoms with Crippen LogP contribution in [0.1, 0.15) is 6.92 Å². The second-order valence-electron chi connectivity index (χ2n) is 3.54. The largest absolute Gasteiger partial charge is 0.370 e. The van der Waals surface area contributed by atoms with Crippen molar-refractivity contribution < 1.29 is 0 Å². The van der Waals surface area contributed by atoms with Gasteiger partial charge in [0.25, 0.3) is 0 Å². The summed E-state index contributed by atoms with van der Waals surface area (Å²) in [5.41, 5.74) is 0.765. The zero-order valence-electron chi connectivity index (χ0n) is 8.91. The molecule has 1 aromatic rings. The van der Waals surface area contributed by atoms with Gasteiger partial charge in [-0.1, -0.05) is 19.1 Å². The molecule has 0 aromatic heterocycles. The topological polar surface area (TPSA) is 23.6 Å². The van der Waals surface area contributed by atoms with Gasteiger partial charge >= 0.3 is 0 Å². The summed E-state index contributed by atoms with van der Waals surface area (Å²) in [5, 5.41) is 0. The minimum Gasteiger partial charge on any atom is -0.370 e. The summed E-state index contributed by atoms with van der Waals surface area (Å²) in [4.78, 5) is 15.4. The molecule has 0 radical (unpaired) electrons. The SMILES string of the molecule is CCN(C)CCN(C)c1cc(=S)c1=O.